The van der Waals surface area contributed by atoms with Crippen molar-refractivity contribution in [2.75, 3.05) is 0 Å². The molecule has 13 unspecified atom stereocenters. The van der Waals surface area contributed by atoms with Crippen molar-refractivity contribution < 1.29 is 58.2 Å². The predicted octanol–water partition coefficient (Wildman–Crippen LogP) is 8.86. The lowest BCUT2D eigenvalue weighted by Gasteiger charge is -2.72. The summed E-state index contributed by atoms with van der Waals surface area (Å²) in [6, 6.07) is 0. The third-order valence-electron chi connectivity index (χ3n) is 16.5. The molecule has 5 aliphatic carbocycles. The first-order valence-corrected chi connectivity index (χ1v) is 22.9. The van der Waals surface area contributed by atoms with Crippen LogP contribution in [0.1, 0.15) is 169 Å². The first-order chi connectivity index (χ1) is 27.6. The maximum atomic E-state index is 14.0. The molecule has 7 rings (SSSR count). The van der Waals surface area contributed by atoms with E-state index in [1.807, 2.05) is 6.92 Å². The standard InChI is InChI=1S/C46H70O12/c1-6-7-8-12-16-28(30-26-35(49)55-40(30)50)19-20-29(17-13-10-9-11-14-18-34(47)48)57-58-39-36(27(2)3)31-25-33-44(4)22-15-23-45(5,43(53)54)32(44)21-24-46(33,39)38-37(31)41(51)56-42(38)52/h27-33,36-39H,6-26H2,1-5H3,(H,47,48)(H,53,54). The Bertz CT molecular complexity index is 1540. The van der Waals surface area contributed by atoms with Gasteiger partial charge in [-0.15, -0.1) is 0 Å². The quantitative estimate of drug-likeness (QED) is 0.0349. The van der Waals surface area contributed by atoms with E-state index in [4.69, 9.17) is 24.4 Å². The molecule has 1 spiro atoms. The molecule has 0 radical (unpaired) electrons. The van der Waals surface area contributed by atoms with Gasteiger partial charge in [0.25, 0.3) is 0 Å². The fourth-order valence-corrected chi connectivity index (χ4v) is 13.9. The van der Waals surface area contributed by atoms with Crippen LogP contribution in [0.4, 0.5) is 0 Å². The van der Waals surface area contributed by atoms with E-state index in [-0.39, 0.29) is 59.9 Å². The number of carboxylic acids is 2. The van der Waals surface area contributed by atoms with Crippen LogP contribution in [0.15, 0.2) is 0 Å². The summed E-state index contributed by atoms with van der Waals surface area (Å²) in [4.78, 5) is 90.1. The topological polar surface area (TPSA) is 180 Å². The zero-order valence-corrected chi connectivity index (χ0v) is 35.7. The van der Waals surface area contributed by atoms with Crippen LogP contribution in [0.5, 0.6) is 0 Å². The van der Waals surface area contributed by atoms with Crippen molar-refractivity contribution in [3.05, 3.63) is 0 Å². The molecular formula is C46H70O12. The highest BCUT2D eigenvalue weighted by atomic mass is 17.2. The van der Waals surface area contributed by atoms with Crippen LogP contribution in [-0.4, -0.2) is 58.2 Å². The molecule has 2 N–H and O–H groups in total. The second-order valence-electron chi connectivity index (χ2n) is 20.0. The summed E-state index contributed by atoms with van der Waals surface area (Å²) in [5.74, 6) is -5.46. The van der Waals surface area contributed by atoms with E-state index in [1.165, 1.54) is 0 Å². The number of unbranched alkanes of at least 4 members (excludes halogenated alkanes) is 7. The molecule has 5 saturated carbocycles. The Hall–Kier alpha value is -2.86. The highest BCUT2D eigenvalue weighted by Crippen LogP contribution is 2.76. The van der Waals surface area contributed by atoms with Crippen LogP contribution in [0.2, 0.25) is 0 Å². The summed E-state index contributed by atoms with van der Waals surface area (Å²) in [5, 5.41) is 19.7. The van der Waals surface area contributed by atoms with Gasteiger partial charge in [0.15, 0.2) is 0 Å². The van der Waals surface area contributed by atoms with Gasteiger partial charge in [-0.1, -0.05) is 85.5 Å². The lowest BCUT2D eigenvalue weighted by molar-refractivity contribution is -0.419. The second-order valence-corrected chi connectivity index (χ2v) is 20.0. The normalized spacial score (nSPS) is 37.6. The molecule has 58 heavy (non-hydrogen) atoms. The number of aliphatic carboxylic acids is 2. The molecule has 0 aromatic rings. The van der Waals surface area contributed by atoms with Gasteiger partial charge in [0, 0.05) is 11.8 Å². The molecule has 2 heterocycles. The molecule has 2 aliphatic heterocycles. The molecule has 7 aliphatic rings. The maximum Gasteiger partial charge on any atom is 0.318 e. The Morgan fingerprint density at radius 2 is 1.52 bits per heavy atom. The zero-order chi connectivity index (χ0) is 42.0. The van der Waals surface area contributed by atoms with Gasteiger partial charge in [-0.05, 0) is 112 Å². The van der Waals surface area contributed by atoms with E-state index in [1.54, 1.807) is 0 Å². The van der Waals surface area contributed by atoms with Gasteiger partial charge in [-0.25, -0.2) is 9.78 Å². The Labute approximate surface area is 344 Å². The monoisotopic (exact) mass is 814 g/mol. The van der Waals surface area contributed by atoms with Crippen LogP contribution in [0, 0.1) is 69.5 Å². The lowest BCUT2D eigenvalue weighted by Crippen LogP contribution is -2.73. The van der Waals surface area contributed by atoms with Crippen LogP contribution in [0.25, 0.3) is 0 Å². The van der Waals surface area contributed by atoms with E-state index in [0.29, 0.717) is 44.9 Å². The van der Waals surface area contributed by atoms with Gasteiger partial charge in [0.1, 0.15) is 6.10 Å². The Morgan fingerprint density at radius 3 is 2.19 bits per heavy atom. The van der Waals surface area contributed by atoms with Gasteiger partial charge < -0.3 is 19.7 Å². The summed E-state index contributed by atoms with van der Waals surface area (Å²) in [6.45, 7) is 10.6. The van der Waals surface area contributed by atoms with Crippen LogP contribution in [0.3, 0.4) is 0 Å². The molecular weight excluding hydrogens is 744 g/mol. The van der Waals surface area contributed by atoms with Gasteiger partial charge >= 0.3 is 35.8 Å². The van der Waals surface area contributed by atoms with E-state index in [2.05, 4.69) is 27.7 Å². The van der Waals surface area contributed by atoms with E-state index >= 15 is 0 Å². The summed E-state index contributed by atoms with van der Waals surface area (Å²) in [6.07, 6.45) is 14.5. The van der Waals surface area contributed by atoms with Crippen molar-refractivity contribution in [1.29, 1.82) is 0 Å². The molecule has 326 valence electrons. The summed E-state index contributed by atoms with van der Waals surface area (Å²) in [7, 11) is 0. The maximum absolute atomic E-state index is 14.0. The number of cyclic esters (lactones) is 4. The number of fused-ring (bicyclic) bond motifs is 2. The number of carbonyl (C=O) groups excluding carboxylic acids is 4. The number of carbonyl (C=O) groups is 6. The van der Waals surface area contributed by atoms with Gasteiger partial charge in [-0.3, -0.25) is 28.8 Å². The largest absolute Gasteiger partial charge is 0.481 e. The fourth-order valence-electron chi connectivity index (χ4n) is 13.9. The highest BCUT2D eigenvalue weighted by Gasteiger charge is 2.78. The first-order valence-electron chi connectivity index (χ1n) is 22.9. The third kappa shape index (κ3) is 8.40. The minimum Gasteiger partial charge on any atom is -0.481 e. The molecule has 7 fully saturated rings. The van der Waals surface area contributed by atoms with Crippen molar-refractivity contribution in [1.82, 2.24) is 0 Å². The Balaban J connectivity index is 1.28. The van der Waals surface area contributed by atoms with Crippen LogP contribution < -0.4 is 0 Å². The average Bonchev–Trinajstić information content (AvgIpc) is 3.67. The molecule has 13 atom stereocenters. The zero-order valence-electron chi connectivity index (χ0n) is 35.7. The summed E-state index contributed by atoms with van der Waals surface area (Å²) in [5.41, 5.74) is -2.05. The fraction of sp³-hybridized carbons (Fsp3) is 0.870. The van der Waals surface area contributed by atoms with E-state index in [9.17, 15) is 33.9 Å². The smallest absolute Gasteiger partial charge is 0.318 e. The van der Waals surface area contributed by atoms with Gasteiger partial charge in [0.05, 0.1) is 35.7 Å². The van der Waals surface area contributed by atoms with Crippen molar-refractivity contribution in [2.24, 2.45) is 69.5 Å². The predicted molar refractivity (Wildman–Crippen MR) is 211 cm³/mol. The molecule has 0 aromatic carbocycles. The van der Waals surface area contributed by atoms with Gasteiger partial charge in [-0.2, -0.15) is 0 Å². The minimum absolute atomic E-state index is 0.0416. The number of carboxylic acid groups (broad SMARTS) is 2. The van der Waals surface area contributed by atoms with Crippen molar-refractivity contribution in [3.63, 3.8) is 0 Å². The highest BCUT2D eigenvalue weighted by molar-refractivity contribution is 5.98. The lowest BCUT2D eigenvalue weighted by atomic mass is 9.31. The van der Waals surface area contributed by atoms with Crippen molar-refractivity contribution in [3.8, 4) is 0 Å². The Kier molecular flexibility index (Phi) is 14.2. The molecule has 12 nitrogen and oxygen atoms in total. The summed E-state index contributed by atoms with van der Waals surface area (Å²) >= 11 is 0. The summed E-state index contributed by atoms with van der Waals surface area (Å²) < 4.78 is 10.5. The first kappa shape index (κ1) is 44.7. The van der Waals surface area contributed by atoms with E-state index < -0.39 is 70.5 Å². The number of rotatable bonds is 22. The second kappa shape index (κ2) is 18.4. The molecule has 0 aromatic heterocycles. The minimum atomic E-state index is -0.886. The van der Waals surface area contributed by atoms with Crippen molar-refractivity contribution in [2.45, 2.75) is 182 Å². The van der Waals surface area contributed by atoms with E-state index in [0.717, 1.165) is 77.0 Å². The van der Waals surface area contributed by atoms with Crippen molar-refractivity contribution >= 4 is 35.8 Å². The number of esters is 4. The average molecular weight is 815 g/mol. The SMILES string of the molecule is CCCCCCC(CCC(CCCCCCCC(=O)O)OOC1C(C(C)C)C2CC3C4(C)CCCC(C)(C(=O)O)C4CCC13C1C(=O)OC(=O)C21)C1CC(=O)OC1=O. The van der Waals surface area contributed by atoms with Gasteiger partial charge in [0.2, 0.25) is 0 Å². The Morgan fingerprint density at radius 1 is 0.810 bits per heavy atom. The van der Waals surface area contributed by atoms with Crippen LogP contribution >= 0.6 is 0 Å². The van der Waals surface area contributed by atoms with Crippen LogP contribution in [-0.2, 0) is 48.0 Å². The molecule has 2 saturated heterocycles. The molecule has 0 amide bonds. The molecule has 2 bridgehead atoms. The number of ether oxygens (including phenoxy) is 2. The molecule has 12 heteroatoms. The number of hydrogen-bond donors (Lipinski definition) is 2. The third-order valence-corrected chi connectivity index (χ3v) is 16.5. The number of hydrogen-bond acceptors (Lipinski definition) is 10.